The summed E-state index contributed by atoms with van der Waals surface area (Å²) in [5.41, 5.74) is 0. The van der Waals surface area contributed by atoms with Gasteiger partial charge in [0, 0.05) is 31.2 Å². The third-order valence-corrected chi connectivity index (χ3v) is 4.06. The zero-order valence-electron chi connectivity index (χ0n) is 10.3. The van der Waals surface area contributed by atoms with Gasteiger partial charge in [-0.1, -0.05) is 6.92 Å². The fourth-order valence-corrected chi connectivity index (χ4v) is 2.70. The van der Waals surface area contributed by atoms with Crippen molar-refractivity contribution in [2.45, 2.75) is 39.2 Å². The number of thioether (sulfide) groups is 1. The fraction of sp³-hybridized carbons (Fsp3) is 0.917. The molecule has 1 saturated heterocycles. The maximum absolute atomic E-state index is 11.9. The van der Waals surface area contributed by atoms with Gasteiger partial charge in [0.2, 0.25) is 5.91 Å². The molecule has 1 heterocycles. The van der Waals surface area contributed by atoms with Crippen LogP contribution < -0.4 is 0 Å². The summed E-state index contributed by atoms with van der Waals surface area (Å²) in [7, 11) is 0. The zero-order valence-corrected chi connectivity index (χ0v) is 11.1. The lowest BCUT2D eigenvalue weighted by atomic mass is 9.93. The van der Waals surface area contributed by atoms with Gasteiger partial charge in [0.25, 0.3) is 0 Å². The molecule has 0 aliphatic carbocycles. The number of carbonyl (C=O) groups excluding carboxylic acids is 1. The maximum atomic E-state index is 11.9. The first-order valence-electron chi connectivity index (χ1n) is 6.18. The minimum Gasteiger partial charge on any atom is -0.393 e. The molecule has 0 aromatic heterocycles. The maximum Gasteiger partial charge on any atom is 0.223 e. The van der Waals surface area contributed by atoms with E-state index in [4.69, 9.17) is 0 Å². The largest absolute Gasteiger partial charge is 0.393 e. The molecule has 1 amide bonds. The van der Waals surface area contributed by atoms with Crippen LogP contribution in [0.3, 0.4) is 0 Å². The number of likely N-dealkylation sites (tertiary alicyclic amines) is 1. The molecule has 1 rings (SSSR count). The van der Waals surface area contributed by atoms with Gasteiger partial charge in [0.05, 0.1) is 6.10 Å². The van der Waals surface area contributed by atoms with Crippen LogP contribution in [0.1, 0.15) is 33.1 Å². The van der Waals surface area contributed by atoms with Crippen LogP contribution in [0.25, 0.3) is 0 Å². The van der Waals surface area contributed by atoms with Gasteiger partial charge in [0.1, 0.15) is 0 Å². The van der Waals surface area contributed by atoms with Gasteiger partial charge in [-0.25, -0.2) is 0 Å². The van der Waals surface area contributed by atoms with Crippen molar-refractivity contribution in [3.63, 3.8) is 0 Å². The molecule has 0 saturated carbocycles. The second kappa shape index (κ2) is 7.17. The quantitative estimate of drug-likeness (QED) is 0.750. The van der Waals surface area contributed by atoms with Gasteiger partial charge in [0.15, 0.2) is 0 Å². The van der Waals surface area contributed by atoms with Crippen LogP contribution in [-0.2, 0) is 4.79 Å². The Bertz CT molecular complexity index is 221. The van der Waals surface area contributed by atoms with E-state index in [0.717, 1.165) is 37.4 Å². The van der Waals surface area contributed by atoms with Crippen LogP contribution in [0.2, 0.25) is 0 Å². The van der Waals surface area contributed by atoms with Crippen LogP contribution in [-0.4, -0.2) is 46.6 Å². The van der Waals surface area contributed by atoms with E-state index in [-0.39, 0.29) is 17.9 Å². The predicted molar refractivity (Wildman–Crippen MR) is 68.6 cm³/mol. The second-order valence-electron chi connectivity index (χ2n) is 4.43. The molecule has 1 aliphatic rings. The van der Waals surface area contributed by atoms with Crippen LogP contribution in [0.4, 0.5) is 0 Å². The normalized spacial score (nSPS) is 23.2. The summed E-state index contributed by atoms with van der Waals surface area (Å²) in [5.74, 6) is 2.53. The lowest BCUT2D eigenvalue weighted by molar-refractivity contribution is -0.133. The standard InChI is InChI=1S/C12H23NO2S/c1-3-16-8-6-12(15)13-7-4-5-11(9-13)10(2)14/h10-11,14H,3-9H2,1-2H3. The Morgan fingerprint density at radius 3 is 3.00 bits per heavy atom. The lowest BCUT2D eigenvalue weighted by Crippen LogP contribution is -2.43. The van der Waals surface area contributed by atoms with E-state index in [9.17, 15) is 9.90 Å². The average Bonchev–Trinajstić information content (AvgIpc) is 2.29. The van der Waals surface area contributed by atoms with Crippen molar-refractivity contribution in [3.8, 4) is 0 Å². The van der Waals surface area contributed by atoms with Gasteiger partial charge in [-0.05, 0) is 25.5 Å². The van der Waals surface area contributed by atoms with E-state index in [0.29, 0.717) is 6.42 Å². The first-order chi connectivity index (χ1) is 7.65. The molecule has 4 heteroatoms. The summed E-state index contributed by atoms with van der Waals surface area (Å²) in [6.07, 6.45) is 2.43. The van der Waals surface area contributed by atoms with Crippen molar-refractivity contribution in [3.05, 3.63) is 0 Å². The summed E-state index contributed by atoms with van der Waals surface area (Å²) in [4.78, 5) is 13.8. The van der Waals surface area contributed by atoms with E-state index in [1.807, 2.05) is 23.6 Å². The van der Waals surface area contributed by atoms with Gasteiger partial charge >= 0.3 is 0 Å². The van der Waals surface area contributed by atoms with E-state index >= 15 is 0 Å². The Kier molecular flexibility index (Phi) is 6.21. The molecule has 1 fully saturated rings. The number of piperidine rings is 1. The van der Waals surface area contributed by atoms with Crippen LogP contribution in [0.15, 0.2) is 0 Å². The molecule has 2 atom stereocenters. The van der Waals surface area contributed by atoms with E-state index in [1.165, 1.54) is 0 Å². The highest BCUT2D eigenvalue weighted by atomic mass is 32.2. The average molecular weight is 245 g/mol. The summed E-state index contributed by atoms with van der Waals surface area (Å²) in [6, 6.07) is 0. The Morgan fingerprint density at radius 2 is 2.38 bits per heavy atom. The Labute approximate surface area is 103 Å². The molecule has 0 radical (unpaired) electrons. The van der Waals surface area contributed by atoms with Crippen LogP contribution >= 0.6 is 11.8 Å². The molecule has 1 aliphatic heterocycles. The van der Waals surface area contributed by atoms with Crippen molar-refractivity contribution in [2.24, 2.45) is 5.92 Å². The van der Waals surface area contributed by atoms with Crippen LogP contribution in [0, 0.1) is 5.92 Å². The second-order valence-corrected chi connectivity index (χ2v) is 5.82. The lowest BCUT2D eigenvalue weighted by Gasteiger charge is -2.34. The summed E-state index contributed by atoms with van der Waals surface area (Å²) >= 11 is 1.81. The molecular formula is C12H23NO2S. The number of nitrogens with zero attached hydrogens (tertiary/aromatic N) is 1. The van der Waals surface area contributed by atoms with Crippen molar-refractivity contribution in [2.75, 3.05) is 24.6 Å². The predicted octanol–water partition coefficient (Wildman–Crippen LogP) is 1.75. The Morgan fingerprint density at radius 1 is 1.62 bits per heavy atom. The summed E-state index contributed by atoms with van der Waals surface area (Å²) < 4.78 is 0. The number of carbonyl (C=O) groups is 1. The van der Waals surface area contributed by atoms with Gasteiger partial charge in [-0.2, -0.15) is 11.8 Å². The number of hydrogen-bond acceptors (Lipinski definition) is 3. The molecule has 0 aromatic carbocycles. The smallest absolute Gasteiger partial charge is 0.223 e. The van der Waals surface area contributed by atoms with Crippen molar-refractivity contribution >= 4 is 17.7 Å². The first-order valence-corrected chi connectivity index (χ1v) is 7.34. The third-order valence-electron chi connectivity index (χ3n) is 3.16. The highest BCUT2D eigenvalue weighted by Crippen LogP contribution is 2.20. The molecular weight excluding hydrogens is 222 g/mol. The first kappa shape index (κ1) is 13.8. The van der Waals surface area contributed by atoms with E-state index in [2.05, 4.69) is 6.92 Å². The molecule has 0 spiro atoms. The summed E-state index contributed by atoms with van der Waals surface area (Å²) in [6.45, 7) is 5.55. The zero-order chi connectivity index (χ0) is 12.0. The highest BCUT2D eigenvalue weighted by Gasteiger charge is 2.25. The van der Waals surface area contributed by atoms with Gasteiger partial charge in [-0.15, -0.1) is 0 Å². The molecule has 0 bridgehead atoms. The van der Waals surface area contributed by atoms with Crippen molar-refractivity contribution in [1.82, 2.24) is 4.90 Å². The number of amides is 1. The number of hydrogen-bond donors (Lipinski definition) is 1. The number of rotatable bonds is 5. The molecule has 0 aromatic rings. The molecule has 1 N–H and O–H groups in total. The third kappa shape index (κ3) is 4.34. The molecule has 94 valence electrons. The Hall–Kier alpha value is -0.220. The minimum absolute atomic E-state index is 0.256. The van der Waals surface area contributed by atoms with E-state index in [1.54, 1.807) is 0 Å². The van der Waals surface area contributed by atoms with E-state index < -0.39 is 0 Å². The van der Waals surface area contributed by atoms with Crippen molar-refractivity contribution in [1.29, 1.82) is 0 Å². The fourth-order valence-electron chi connectivity index (χ4n) is 2.09. The topological polar surface area (TPSA) is 40.5 Å². The molecule has 16 heavy (non-hydrogen) atoms. The van der Waals surface area contributed by atoms with Gasteiger partial charge < -0.3 is 10.0 Å². The molecule has 2 unspecified atom stereocenters. The number of aliphatic hydroxyl groups excluding tert-OH is 1. The van der Waals surface area contributed by atoms with Crippen molar-refractivity contribution < 1.29 is 9.90 Å². The Balaban J connectivity index is 2.32. The van der Waals surface area contributed by atoms with Gasteiger partial charge in [-0.3, -0.25) is 4.79 Å². The monoisotopic (exact) mass is 245 g/mol. The number of aliphatic hydroxyl groups is 1. The highest BCUT2D eigenvalue weighted by molar-refractivity contribution is 7.99. The SMILES string of the molecule is CCSCCC(=O)N1CCCC(C(C)O)C1. The van der Waals surface area contributed by atoms with Crippen LogP contribution in [0.5, 0.6) is 0 Å². The molecule has 3 nitrogen and oxygen atoms in total. The summed E-state index contributed by atoms with van der Waals surface area (Å²) in [5, 5.41) is 9.55. The minimum atomic E-state index is -0.291.